The number of carbonyl (C=O) groups is 1. The van der Waals surface area contributed by atoms with Gasteiger partial charge in [0.2, 0.25) is 0 Å². The first-order chi connectivity index (χ1) is 10.3. The molecule has 0 heterocycles. The zero-order valence-corrected chi connectivity index (χ0v) is 16.1. The SMILES string of the molecule is C#CCCC(C)(C)CCC(C(=O)CBr)c1cccc(Br)c1F. The van der Waals surface area contributed by atoms with E-state index in [-0.39, 0.29) is 22.3 Å². The van der Waals surface area contributed by atoms with Crippen molar-refractivity contribution in [2.75, 3.05) is 5.33 Å². The maximum atomic E-state index is 14.3. The highest BCUT2D eigenvalue weighted by atomic mass is 79.9. The number of ketones is 1. The van der Waals surface area contributed by atoms with Crippen molar-refractivity contribution < 1.29 is 9.18 Å². The predicted octanol–water partition coefficient (Wildman–Crippen LogP) is 5.86. The minimum atomic E-state index is -0.429. The van der Waals surface area contributed by atoms with Gasteiger partial charge < -0.3 is 0 Å². The van der Waals surface area contributed by atoms with Gasteiger partial charge >= 0.3 is 0 Å². The van der Waals surface area contributed by atoms with E-state index in [1.807, 2.05) is 0 Å². The van der Waals surface area contributed by atoms with Crippen LogP contribution in [0.3, 0.4) is 0 Å². The zero-order chi connectivity index (χ0) is 16.8. The molecule has 0 saturated carbocycles. The molecule has 1 rings (SSSR count). The summed E-state index contributed by atoms with van der Waals surface area (Å²) in [4.78, 5) is 12.2. The van der Waals surface area contributed by atoms with E-state index in [2.05, 4.69) is 51.6 Å². The maximum Gasteiger partial charge on any atom is 0.150 e. The first kappa shape index (κ1) is 19.4. The van der Waals surface area contributed by atoms with E-state index in [9.17, 15) is 9.18 Å². The highest BCUT2D eigenvalue weighted by Crippen LogP contribution is 2.35. The van der Waals surface area contributed by atoms with Crippen LogP contribution in [-0.4, -0.2) is 11.1 Å². The lowest BCUT2D eigenvalue weighted by Crippen LogP contribution is -2.19. The number of halogens is 3. The van der Waals surface area contributed by atoms with Crippen LogP contribution in [0.2, 0.25) is 0 Å². The summed E-state index contributed by atoms with van der Waals surface area (Å²) in [6.45, 7) is 4.27. The van der Waals surface area contributed by atoms with Gasteiger partial charge in [0.05, 0.1) is 9.80 Å². The first-order valence-electron chi connectivity index (χ1n) is 7.28. The third kappa shape index (κ3) is 5.52. The van der Waals surface area contributed by atoms with Crippen LogP contribution in [-0.2, 0) is 4.79 Å². The fourth-order valence-corrected chi connectivity index (χ4v) is 3.22. The van der Waals surface area contributed by atoms with Crippen LogP contribution in [0.25, 0.3) is 0 Å². The van der Waals surface area contributed by atoms with Crippen molar-refractivity contribution in [1.82, 2.24) is 0 Å². The van der Waals surface area contributed by atoms with Crippen molar-refractivity contribution >= 4 is 37.6 Å². The van der Waals surface area contributed by atoms with Gasteiger partial charge in [-0.1, -0.05) is 41.9 Å². The summed E-state index contributed by atoms with van der Waals surface area (Å²) in [5.41, 5.74) is 0.506. The van der Waals surface area contributed by atoms with Crippen LogP contribution in [0.1, 0.15) is 51.0 Å². The molecule has 1 unspecified atom stereocenters. The van der Waals surface area contributed by atoms with Gasteiger partial charge in [0.25, 0.3) is 0 Å². The summed E-state index contributed by atoms with van der Waals surface area (Å²) in [7, 11) is 0. The van der Waals surface area contributed by atoms with Crippen molar-refractivity contribution in [3.63, 3.8) is 0 Å². The highest BCUT2D eigenvalue weighted by molar-refractivity contribution is 9.10. The Morgan fingerprint density at radius 2 is 2.09 bits per heavy atom. The number of hydrogen-bond acceptors (Lipinski definition) is 1. The molecule has 0 saturated heterocycles. The van der Waals surface area contributed by atoms with Gasteiger partial charge in [-0.05, 0) is 52.2 Å². The van der Waals surface area contributed by atoms with Crippen LogP contribution in [0.4, 0.5) is 4.39 Å². The number of rotatable bonds is 8. The number of terminal acetylenes is 1. The first-order valence-corrected chi connectivity index (χ1v) is 9.20. The molecule has 1 aromatic carbocycles. The van der Waals surface area contributed by atoms with Gasteiger partial charge in [0, 0.05) is 12.3 Å². The standard InChI is InChI=1S/C18H21Br2FO/c1-4-5-10-18(2,3)11-9-13(16(22)12-19)14-7-6-8-15(20)17(14)21/h1,6-8,13H,5,9-12H2,2-3H3. The lowest BCUT2D eigenvalue weighted by molar-refractivity contribution is -0.118. The van der Waals surface area contributed by atoms with Crippen molar-refractivity contribution in [2.45, 2.75) is 45.4 Å². The smallest absolute Gasteiger partial charge is 0.150 e. The Kier molecular flexibility index (Phi) is 7.79. The number of hydrogen-bond donors (Lipinski definition) is 0. The van der Waals surface area contributed by atoms with E-state index >= 15 is 0 Å². The Hall–Kier alpha value is -0.660. The Labute approximate surface area is 149 Å². The van der Waals surface area contributed by atoms with Gasteiger partial charge in [-0.15, -0.1) is 12.3 Å². The van der Waals surface area contributed by atoms with E-state index in [1.165, 1.54) is 0 Å². The van der Waals surface area contributed by atoms with Crippen molar-refractivity contribution in [1.29, 1.82) is 0 Å². The normalized spacial score (nSPS) is 12.7. The van der Waals surface area contributed by atoms with Crippen LogP contribution >= 0.6 is 31.9 Å². The molecule has 4 heteroatoms. The largest absolute Gasteiger partial charge is 0.298 e. The van der Waals surface area contributed by atoms with Crippen LogP contribution in [0.5, 0.6) is 0 Å². The van der Waals surface area contributed by atoms with Gasteiger partial charge in [-0.25, -0.2) is 4.39 Å². The number of alkyl halides is 1. The molecular formula is C18H21Br2FO. The number of Topliss-reactive ketones (excluding diaryl/α,β-unsaturated/α-hetero) is 1. The molecule has 0 aliphatic rings. The summed E-state index contributed by atoms with van der Waals surface area (Å²) in [5, 5.41) is 0.231. The minimum Gasteiger partial charge on any atom is -0.298 e. The zero-order valence-electron chi connectivity index (χ0n) is 13.0. The quantitative estimate of drug-likeness (QED) is 0.372. The maximum absolute atomic E-state index is 14.3. The van der Waals surface area contributed by atoms with E-state index in [4.69, 9.17) is 6.42 Å². The molecule has 0 N–H and O–H groups in total. The molecule has 1 atom stereocenters. The fourth-order valence-electron chi connectivity index (χ4n) is 2.44. The Morgan fingerprint density at radius 1 is 1.41 bits per heavy atom. The molecular weight excluding hydrogens is 411 g/mol. The van der Waals surface area contributed by atoms with Gasteiger partial charge in [-0.2, -0.15) is 0 Å². The fraction of sp³-hybridized carbons (Fsp3) is 0.500. The molecule has 0 fully saturated rings. The molecule has 0 radical (unpaired) electrons. The molecule has 0 aliphatic heterocycles. The molecule has 0 amide bonds. The van der Waals surface area contributed by atoms with Crippen molar-refractivity contribution in [2.24, 2.45) is 5.41 Å². The lowest BCUT2D eigenvalue weighted by atomic mass is 9.79. The van der Waals surface area contributed by atoms with E-state index < -0.39 is 5.92 Å². The molecule has 0 aliphatic carbocycles. The topological polar surface area (TPSA) is 17.1 Å². The monoisotopic (exact) mass is 430 g/mol. The average molecular weight is 432 g/mol. The van der Waals surface area contributed by atoms with E-state index in [0.717, 1.165) is 19.3 Å². The molecule has 1 nitrogen and oxygen atoms in total. The Bertz CT molecular complexity index is 561. The van der Waals surface area contributed by atoms with Gasteiger partial charge in [0.15, 0.2) is 5.78 Å². The van der Waals surface area contributed by atoms with Crippen molar-refractivity contribution in [3.05, 3.63) is 34.1 Å². The Balaban J connectivity index is 2.94. The lowest BCUT2D eigenvalue weighted by Gasteiger charge is -2.26. The summed E-state index contributed by atoms with van der Waals surface area (Å²) in [6.07, 6.45) is 8.39. The predicted molar refractivity (Wildman–Crippen MR) is 96.7 cm³/mol. The second kappa shape index (κ2) is 8.84. The van der Waals surface area contributed by atoms with Gasteiger partial charge in [-0.3, -0.25) is 4.79 Å². The van der Waals surface area contributed by atoms with E-state index in [1.54, 1.807) is 18.2 Å². The molecule has 1 aromatic rings. The summed E-state index contributed by atoms with van der Waals surface area (Å²) in [6, 6.07) is 5.10. The minimum absolute atomic E-state index is 0.00440. The molecule has 0 bridgehead atoms. The second-order valence-electron chi connectivity index (χ2n) is 6.20. The van der Waals surface area contributed by atoms with Crippen LogP contribution < -0.4 is 0 Å². The average Bonchev–Trinajstić information content (AvgIpc) is 2.49. The van der Waals surface area contributed by atoms with Crippen LogP contribution in [0, 0.1) is 23.6 Å². The number of benzene rings is 1. The second-order valence-corrected chi connectivity index (χ2v) is 7.62. The molecule has 0 spiro atoms. The van der Waals surface area contributed by atoms with Crippen molar-refractivity contribution in [3.8, 4) is 12.3 Å². The van der Waals surface area contributed by atoms with Gasteiger partial charge in [0.1, 0.15) is 5.82 Å². The Morgan fingerprint density at radius 3 is 2.68 bits per heavy atom. The highest BCUT2D eigenvalue weighted by Gasteiger charge is 2.27. The summed E-state index contributed by atoms with van der Waals surface area (Å²) in [5.74, 6) is 1.88. The molecule has 120 valence electrons. The van der Waals surface area contributed by atoms with Crippen LogP contribution in [0.15, 0.2) is 22.7 Å². The number of carbonyl (C=O) groups excluding carboxylic acids is 1. The van der Waals surface area contributed by atoms with E-state index in [0.29, 0.717) is 16.5 Å². The third-order valence-electron chi connectivity index (χ3n) is 3.93. The third-order valence-corrected chi connectivity index (χ3v) is 5.10. The molecule has 22 heavy (non-hydrogen) atoms. The summed E-state index contributed by atoms with van der Waals surface area (Å²) >= 11 is 6.40. The molecule has 0 aromatic heterocycles. The summed E-state index contributed by atoms with van der Waals surface area (Å²) < 4.78 is 14.7.